The standard InChI is InChI=1S/C11H19N3O2S/c15-17(16)8-1-3-11(9-17)13-4-2-6-14-7-5-12-10-14/h5,7,10-11,13H,1-4,6,8-9H2. The van der Waals surface area contributed by atoms with Crippen LogP contribution in [0.25, 0.3) is 0 Å². The molecule has 6 heteroatoms. The van der Waals surface area contributed by atoms with Crippen LogP contribution in [-0.2, 0) is 16.4 Å². The van der Waals surface area contributed by atoms with E-state index in [1.54, 1.807) is 12.5 Å². The SMILES string of the molecule is O=S1(=O)CCCC(NCCCn2ccnc2)C1. The van der Waals surface area contributed by atoms with Crippen molar-refractivity contribution >= 4 is 9.84 Å². The van der Waals surface area contributed by atoms with Crippen LogP contribution >= 0.6 is 0 Å². The van der Waals surface area contributed by atoms with Crippen molar-refractivity contribution in [3.63, 3.8) is 0 Å². The first kappa shape index (κ1) is 12.6. The summed E-state index contributed by atoms with van der Waals surface area (Å²) in [5, 5.41) is 3.33. The Hall–Kier alpha value is -0.880. The van der Waals surface area contributed by atoms with E-state index in [4.69, 9.17) is 0 Å². The van der Waals surface area contributed by atoms with Crippen molar-refractivity contribution in [2.24, 2.45) is 0 Å². The molecule has 1 atom stereocenters. The second-order valence-corrected chi connectivity index (χ2v) is 6.79. The van der Waals surface area contributed by atoms with Gasteiger partial charge in [-0.3, -0.25) is 0 Å². The van der Waals surface area contributed by atoms with Crippen LogP contribution in [0.3, 0.4) is 0 Å². The molecule has 96 valence electrons. The molecule has 0 spiro atoms. The van der Waals surface area contributed by atoms with Gasteiger partial charge in [-0.15, -0.1) is 0 Å². The molecule has 1 N–H and O–H groups in total. The van der Waals surface area contributed by atoms with Gasteiger partial charge >= 0.3 is 0 Å². The van der Waals surface area contributed by atoms with E-state index < -0.39 is 9.84 Å². The van der Waals surface area contributed by atoms with Gasteiger partial charge in [-0.25, -0.2) is 13.4 Å². The molecule has 0 saturated carbocycles. The third kappa shape index (κ3) is 4.12. The summed E-state index contributed by atoms with van der Waals surface area (Å²) in [5.74, 6) is 0.665. The lowest BCUT2D eigenvalue weighted by molar-refractivity contribution is 0.466. The Morgan fingerprint density at radius 1 is 1.47 bits per heavy atom. The second-order valence-electron chi connectivity index (χ2n) is 4.56. The average Bonchev–Trinajstić information content (AvgIpc) is 2.76. The van der Waals surface area contributed by atoms with Crippen LogP contribution < -0.4 is 5.32 Å². The maximum absolute atomic E-state index is 11.4. The van der Waals surface area contributed by atoms with E-state index in [1.165, 1.54) is 0 Å². The van der Waals surface area contributed by atoms with Gasteiger partial charge in [0, 0.05) is 25.0 Å². The summed E-state index contributed by atoms with van der Waals surface area (Å²) >= 11 is 0. The fourth-order valence-corrected chi connectivity index (χ4v) is 3.84. The van der Waals surface area contributed by atoms with Crippen LogP contribution in [0.2, 0.25) is 0 Å². The van der Waals surface area contributed by atoms with E-state index >= 15 is 0 Å². The summed E-state index contributed by atoms with van der Waals surface area (Å²) in [6.45, 7) is 1.78. The summed E-state index contributed by atoms with van der Waals surface area (Å²) < 4.78 is 24.9. The zero-order valence-electron chi connectivity index (χ0n) is 9.88. The third-order valence-electron chi connectivity index (χ3n) is 3.05. The first-order chi connectivity index (χ1) is 8.16. The number of hydrogen-bond acceptors (Lipinski definition) is 4. The molecule has 17 heavy (non-hydrogen) atoms. The Bertz CT molecular complexity index is 428. The minimum atomic E-state index is -2.79. The van der Waals surface area contributed by atoms with Gasteiger partial charge in [0.2, 0.25) is 0 Å². The van der Waals surface area contributed by atoms with Crippen LogP contribution in [0.4, 0.5) is 0 Å². The number of sulfone groups is 1. The van der Waals surface area contributed by atoms with Crippen molar-refractivity contribution in [2.45, 2.75) is 31.8 Å². The van der Waals surface area contributed by atoms with Crippen molar-refractivity contribution in [3.8, 4) is 0 Å². The molecule has 1 aliphatic heterocycles. The van der Waals surface area contributed by atoms with E-state index in [0.29, 0.717) is 11.5 Å². The first-order valence-electron chi connectivity index (χ1n) is 6.05. The minimum Gasteiger partial charge on any atom is -0.337 e. The molecule has 1 aliphatic rings. The van der Waals surface area contributed by atoms with Gasteiger partial charge in [-0.05, 0) is 25.8 Å². The fraction of sp³-hybridized carbons (Fsp3) is 0.727. The molecule has 0 aliphatic carbocycles. The Morgan fingerprint density at radius 2 is 2.35 bits per heavy atom. The lowest BCUT2D eigenvalue weighted by Gasteiger charge is -2.23. The number of imidazole rings is 1. The van der Waals surface area contributed by atoms with Crippen LogP contribution in [0.5, 0.6) is 0 Å². The van der Waals surface area contributed by atoms with Gasteiger partial charge in [0.25, 0.3) is 0 Å². The molecule has 2 rings (SSSR count). The predicted molar refractivity (Wildman–Crippen MR) is 66.5 cm³/mol. The highest BCUT2D eigenvalue weighted by atomic mass is 32.2. The van der Waals surface area contributed by atoms with Crippen LogP contribution in [-0.4, -0.2) is 42.1 Å². The Kier molecular flexibility index (Phi) is 4.17. The fourth-order valence-electron chi connectivity index (χ4n) is 2.17. The molecule has 5 nitrogen and oxygen atoms in total. The van der Waals surface area contributed by atoms with Crippen molar-refractivity contribution in [3.05, 3.63) is 18.7 Å². The van der Waals surface area contributed by atoms with Gasteiger partial charge in [-0.2, -0.15) is 0 Å². The first-order valence-corrected chi connectivity index (χ1v) is 7.87. The number of aromatic nitrogens is 2. The highest BCUT2D eigenvalue weighted by molar-refractivity contribution is 7.91. The number of nitrogens with one attached hydrogen (secondary N) is 1. The van der Waals surface area contributed by atoms with Gasteiger partial charge in [-0.1, -0.05) is 0 Å². The van der Waals surface area contributed by atoms with Gasteiger partial charge in [0.1, 0.15) is 0 Å². The number of nitrogens with zero attached hydrogens (tertiary/aromatic N) is 2. The van der Waals surface area contributed by atoms with Crippen molar-refractivity contribution in [1.82, 2.24) is 14.9 Å². The van der Waals surface area contributed by atoms with Gasteiger partial charge in [0.05, 0.1) is 17.8 Å². The topological polar surface area (TPSA) is 64.0 Å². The Morgan fingerprint density at radius 3 is 3.06 bits per heavy atom. The van der Waals surface area contributed by atoms with Crippen LogP contribution in [0, 0.1) is 0 Å². The third-order valence-corrected chi connectivity index (χ3v) is 4.87. The molecular weight excluding hydrogens is 238 g/mol. The molecule has 2 heterocycles. The number of rotatable bonds is 5. The van der Waals surface area contributed by atoms with Crippen molar-refractivity contribution in [2.75, 3.05) is 18.1 Å². The average molecular weight is 257 g/mol. The molecular formula is C11H19N3O2S. The summed E-state index contributed by atoms with van der Waals surface area (Å²) in [4.78, 5) is 3.97. The number of aryl methyl sites for hydroxylation is 1. The lowest BCUT2D eigenvalue weighted by Crippen LogP contribution is -2.40. The van der Waals surface area contributed by atoms with Crippen LogP contribution in [0.1, 0.15) is 19.3 Å². The van der Waals surface area contributed by atoms with Crippen LogP contribution in [0.15, 0.2) is 18.7 Å². The Balaban J connectivity index is 1.65. The quantitative estimate of drug-likeness (QED) is 0.777. The summed E-state index contributed by atoms with van der Waals surface area (Å²) in [6.07, 6.45) is 8.26. The molecule has 0 radical (unpaired) electrons. The highest BCUT2D eigenvalue weighted by Crippen LogP contribution is 2.11. The lowest BCUT2D eigenvalue weighted by atomic mass is 10.2. The molecule has 1 unspecified atom stereocenters. The molecule has 0 aromatic carbocycles. The minimum absolute atomic E-state index is 0.150. The summed E-state index contributed by atoms with van der Waals surface area (Å²) in [7, 11) is -2.79. The maximum Gasteiger partial charge on any atom is 0.151 e. The predicted octanol–water partition coefficient (Wildman–Crippen LogP) is 0.440. The largest absolute Gasteiger partial charge is 0.337 e. The number of hydrogen-bond donors (Lipinski definition) is 1. The van der Waals surface area contributed by atoms with Gasteiger partial charge < -0.3 is 9.88 Å². The molecule has 1 aromatic rings. The molecule has 1 aromatic heterocycles. The van der Waals surface area contributed by atoms with E-state index in [9.17, 15) is 8.42 Å². The molecule has 1 fully saturated rings. The normalized spacial score (nSPS) is 23.6. The van der Waals surface area contributed by atoms with E-state index in [0.717, 1.165) is 32.4 Å². The summed E-state index contributed by atoms with van der Waals surface area (Å²) in [6, 6.07) is 0.150. The zero-order chi connectivity index (χ0) is 12.1. The Labute approximate surface area is 102 Å². The molecule has 1 saturated heterocycles. The highest BCUT2D eigenvalue weighted by Gasteiger charge is 2.23. The van der Waals surface area contributed by atoms with Gasteiger partial charge in [0.15, 0.2) is 9.84 Å². The van der Waals surface area contributed by atoms with Crippen molar-refractivity contribution in [1.29, 1.82) is 0 Å². The maximum atomic E-state index is 11.4. The van der Waals surface area contributed by atoms with E-state index in [1.807, 2.05) is 10.8 Å². The van der Waals surface area contributed by atoms with E-state index in [-0.39, 0.29) is 6.04 Å². The molecule has 0 bridgehead atoms. The molecule has 0 amide bonds. The van der Waals surface area contributed by atoms with E-state index in [2.05, 4.69) is 10.3 Å². The zero-order valence-corrected chi connectivity index (χ0v) is 10.7. The van der Waals surface area contributed by atoms with Crippen molar-refractivity contribution < 1.29 is 8.42 Å². The summed E-state index contributed by atoms with van der Waals surface area (Å²) in [5.41, 5.74) is 0. The smallest absolute Gasteiger partial charge is 0.151 e. The monoisotopic (exact) mass is 257 g/mol. The second kappa shape index (κ2) is 5.64.